The number of aliphatic hydroxyl groups excluding tert-OH is 1. The summed E-state index contributed by atoms with van der Waals surface area (Å²) >= 11 is 0. The van der Waals surface area contributed by atoms with E-state index in [-0.39, 0.29) is 12.1 Å². The molecule has 1 atom stereocenters. The van der Waals surface area contributed by atoms with Crippen LogP contribution in [-0.4, -0.2) is 44.2 Å². The van der Waals surface area contributed by atoms with E-state index in [0.717, 1.165) is 54.4 Å². The van der Waals surface area contributed by atoms with Crippen LogP contribution in [0, 0.1) is 12.8 Å². The first kappa shape index (κ1) is 18.7. The molecule has 2 aromatic heterocycles. The molecule has 1 fully saturated rings. The summed E-state index contributed by atoms with van der Waals surface area (Å²) in [6.07, 6.45) is 2.96. The monoisotopic (exact) mass is 380 g/mol. The molecule has 0 saturated carbocycles. The Kier molecular flexibility index (Phi) is 5.17. The lowest BCUT2D eigenvalue weighted by Crippen LogP contribution is -2.36. The topological polar surface area (TPSA) is 90.0 Å². The first-order valence-corrected chi connectivity index (χ1v) is 9.97. The average molecular weight is 380 g/mol. The van der Waals surface area contributed by atoms with E-state index in [1.807, 2.05) is 6.07 Å². The number of nitrogens with zero attached hydrogens (tertiary/aromatic N) is 4. The number of aryl methyl sites for hydroxylation is 1. The minimum absolute atomic E-state index is 0.0126. The zero-order valence-electron chi connectivity index (χ0n) is 16.7. The van der Waals surface area contributed by atoms with Crippen LogP contribution in [0.25, 0.3) is 11.0 Å². The van der Waals surface area contributed by atoms with Crippen LogP contribution >= 0.6 is 0 Å². The van der Waals surface area contributed by atoms with Crippen LogP contribution in [0.4, 0.5) is 11.6 Å². The molecule has 3 N–H and O–H groups in total. The van der Waals surface area contributed by atoms with Crippen LogP contribution in [0.5, 0.6) is 0 Å². The minimum atomic E-state index is -0.197. The van der Waals surface area contributed by atoms with E-state index in [2.05, 4.69) is 64.1 Å². The molecule has 0 aliphatic carbocycles. The number of hydrogen-bond donors (Lipinski definition) is 3. The molecule has 1 saturated heterocycles. The highest BCUT2D eigenvalue weighted by molar-refractivity contribution is 5.76. The number of imidazole rings is 1. The highest BCUT2D eigenvalue weighted by atomic mass is 16.3. The second-order valence-electron chi connectivity index (χ2n) is 7.99. The highest BCUT2D eigenvalue weighted by Crippen LogP contribution is 2.27. The molecule has 0 radical (unpaired) electrons. The molecule has 1 aliphatic rings. The van der Waals surface area contributed by atoms with Gasteiger partial charge >= 0.3 is 0 Å². The van der Waals surface area contributed by atoms with Crippen molar-refractivity contribution >= 4 is 22.7 Å². The lowest BCUT2D eigenvalue weighted by molar-refractivity contribution is 0.145. The maximum atomic E-state index is 9.73. The Bertz CT molecular complexity index is 945. The number of aromatic amines is 1. The van der Waals surface area contributed by atoms with E-state index in [1.54, 1.807) is 6.33 Å². The van der Waals surface area contributed by atoms with Crippen LogP contribution in [0.1, 0.15) is 44.1 Å². The number of rotatable bonds is 5. The Hall–Kier alpha value is -2.67. The third-order valence-electron chi connectivity index (χ3n) is 5.36. The van der Waals surface area contributed by atoms with Gasteiger partial charge in [0.2, 0.25) is 0 Å². The Morgan fingerprint density at radius 1 is 1.18 bits per heavy atom. The molecule has 0 spiro atoms. The molecule has 3 heterocycles. The van der Waals surface area contributed by atoms with E-state index in [0.29, 0.717) is 5.92 Å². The fourth-order valence-corrected chi connectivity index (χ4v) is 3.69. The van der Waals surface area contributed by atoms with Crippen LogP contribution in [-0.2, 0) is 0 Å². The number of anilines is 2. The van der Waals surface area contributed by atoms with Crippen molar-refractivity contribution in [2.24, 2.45) is 5.92 Å². The lowest BCUT2D eigenvalue weighted by Gasteiger charge is -2.30. The Morgan fingerprint density at radius 2 is 1.96 bits per heavy atom. The predicted molar refractivity (Wildman–Crippen MR) is 112 cm³/mol. The van der Waals surface area contributed by atoms with Crippen molar-refractivity contribution in [1.29, 1.82) is 0 Å². The van der Waals surface area contributed by atoms with Gasteiger partial charge in [0.15, 0.2) is 0 Å². The van der Waals surface area contributed by atoms with Crippen molar-refractivity contribution in [3.05, 3.63) is 42.0 Å². The zero-order valence-corrected chi connectivity index (χ0v) is 16.7. The number of hydrogen-bond acceptors (Lipinski definition) is 6. The summed E-state index contributed by atoms with van der Waals surface area (Å²) < 4.78 is 0. The normalized spacial score (nSPS) is 16.7. The quantitative estimate of drug-likeness (QED) is 0.628. The number of aromatic nitrogens is 4. The van der Waals surface area contributed by atoms with Crippen LogP contribution in [0.3, 0.4) is 0 Å². The number of nitrogens with one attached hydrogen (secondary N) is 2. The van der Waals surface area contributed by atoms with E-state index in [9.17, 15) is 5.11 Å². The van der Waals surface area contributed by atoms with Gasteiger partial charge in [0.05, 0.1) is 23.2 Å². The molecule has 4 rings (SSSR count). The van der Waals surface area contributed by atoms with Crippen LogP contribution < -0.4 is 10.2 Å². The zero-order chi connectivity index (χ0) is 19.7. The summed E-state index contributed by atoms with van der Waals surface area (Å²) in [5, 5.41) is 13.3. The molecule has 1 unspecified atom stereocenters. The Balaban J connectivity index is 1.57. The molecule has 1 aliphatic heterocycles. The van der Waals surface area contributed by atoms with Crippen molar-refractivity contribution in [3.63, 3.8) is 0 Å². The van der Waals surface area contributed by atoms with Gasteiger partial charge in [-0.05, 0) is 43.4 Å². The molecule has 1 aromatic carbocycles. The summed E-state index contributed by atoms with van der Waals surface area (Å²) in [7, 11) is 0. The van der Waals surface area contributed by atoms with Gasteiger partial charge in [0.1, 0.15) is 23.8 Å². The van der Waals surface area contributed by atoms with Gasteiger partial charge in [0.25, 0.3) is 0 Å². The summed E-state index contributed by atoms with van der Waals surface area (Å²) in [5.41, 5.74) is 3.24. The van der Waals surface area contributed by atoms with Gasteiger partial charge in [-0.2, -0.15) is 0 Å². The maximum absolute atomic E-state index is 9.73. The smallest absolute Gasteiger partial charge is 0.134 e. The van der Waals surface area contributed by atoms with Gasteiger partial charge in [-0.1, -0.05) is 19.9 Å². The van der Waals surface area contributed by atoms with Gasteiger partial charge in [0, 0.05) is 19.2 Å². The molecule has 0 amide bonds. The Morgan fingerprint density at radius 3 is 2.71 bits per heavy atom. The van der Waals surface area contributed by atoms with Crippen molar-refractivity contribution in [2.75, 3.05) is 23.3 Å². The third-order valence-corrected chi connectivity index (χ3v) is 5.36. The standard InChI is InChI=1S/C21H28N6O/c1-13(2)20(21-24-16-5-4-14(3)10-17(16)25-21)26-18-11-19(23-12-22-18)27-8-6-15(28)7-9-27/h4-5,10-13,15,20,28H,6-9H2,1-3H3,(H,24,25)(H,22,23,26). The van der Waals surface area contributed by atoms with Crippen LogP contribution in [0.15, 0.2) is 30.6 Å². The summed E-state index contributed by atoms with van der Waals surface area (Å²) in [6.45, 7) is 8.05. The minimum Gasteiger partial charge on any atom is -0.393 e. The molecule has 0 bridgehead atoms. The fourth-order valence-electron chi connectivity index (χ4n) is 3.69. The number of aliphatic hydroxyl groups is 1. The van der Waals surface area contributed by atoms with E-state index < -0.39 is 0 Å². The first-order chi connectivity index (χ1) is 13.5. The molecular weight excluding hydrogens is 352 g/mol. The number of H-pyrrole nitrogens is 1. The van der Waals surface area contributed by atoms with Crippen molar-refractivity contribution < 1.29 is 5.11 Å². The third kappa shape index (κ3) is 3.94. The van der Waals surface area contributed by atoms with E-state index in [4.69, 9.17) is 4.98 Å². The number of fused-ring (bicyclic) bond motifs is 1. The highest BCUT2D eigenvalue weighted by Gasteiger charge is 2.22. The average Bonchev–Trinajstić information content (AvgIpc) is 3.09. The summed E-state index contributed by atoms with van der Waals surface area (Å²) in [6, 6.07) is 8.25. The second-order valence-corrected chi connectivity index (χ2v) is 7.99. The van der Waals surface area contributed by atoms with Gasteiger partial charge < -0.3 is 20.3 Å². The number of piperidine rings is 1. The largest absolute Gasteiger partial charge is 0.393 e. The molecule has 3 aromatic rings. The number of benzene rings is 1. The predicted octanol–water partition coefficient (Wildman–Crippen LogP) is 3.43. The summed E-state index contributed by atoms with van der Waals surface area (Å²) in [5.74, 6) is 2.92. The molecule has 148 valence electrons. The summed E-state index contributed by atoms with van der Waals surface area (Å²) in [4.78, 5) is 19.3. The van der Waals surface area contributed by atoms with Crippen molar-refractivity contribution in [2.45, 2.75) is 45.8 Å². The maximum Gasteiger partial charge on any atom is 0.134 e. The second kappa shape index (κ2) is 7.75. The van der Waals surface area contributed by atoms with Gasteiger partial charge in [-0.3, -0.25) is 0 Å². The molecule has 7 nitrogen and oxygen atoms in total. The Labute approximate surface area is 165 Å². The van der Waals surface area contributed by atoms with Gasteiger partial charge in [-0.15, -0.1) is 0 Å². The van der Waals surface area contributed by atoms with Crippen molar-refractivity contribution in [1.82, 2.24) is 19.9 Å². The first-order valence-electron chi connectivity index (χ1n) is 9.97. The SMILES string of the molecule is Cc1ccc2nc(C(Nc3cc(N4CCC(O)CC4)ncn3)C(C)C)[nH]c2c1. The van der Waals surface area contributed by atoms with Crippen LogP contribution in [0.2, 0.25) is 0 Å². The fraction of sp³-hybridized carbons (Fsp3) is 0.476. The molecular formula is C21H28N6O. The van der Waals surface area contributed by atoms with E-state index >= 15 is 0 Å². The molecule has 28 heavy (non-hydrogen) atoms. The van der Waals surface area contributed by atoms with Gasteiger partial charge in [-0.25, -0.2) is 15.0 Å². The van der Waals surface area contributed by atoms with Crippen molar-refractivity contribution in [3.8, 4) is 0 Å². The molecule has 7 heteroatoms. The lowest BCUT2D eigenvalue weighted by atomic mass is 10.0. The van der Waals surface area contributed by atoms with E-state index in [1.165, 1.54) is 5.56 Å².